The Morgan fingerprint density at radius 3 is 2.52 bits per heavy atom. The molecule has 1 aliphatic rings. The number of carbonyl (C=O) groups is 1. The van der Waals surface area contributed by atoms with Gasteiger partial charge in [-0.2, -0.15) is 0 Å². The summed E-state index contributed by atoms with van der Waals surface area (Å²) in [6.45, 7) is 6.12. The minimum atomic E-state index is -0.234. The molecule has 0 saturated carbocycles. The molecule has 1 aliphatic heterocycles. The Balaban J connectivity index is 1.58. The van der Waals surface area contributed by atoms with Gasteiger partial charge in [-0.3, -0.25) is 9.69 Å². The van der Waals surface area contributed by atoms with E-state index in [0.29, 0.717) is 23.1 Å². The zero-order valence-electron chi connectivity index (χ0n) is 16.9. The Hall–Kier alpha value is -2.31. The van der Waals surface area contributed by atoms with E-state index < -0.39 is 0 Å². The Morgan fingerprint density at radius 1 is 1.10 bits per heavy atom. The lowest BCUT2D eigenvalue weighted by atomic mass is 10.1. The van der Waals surface area contributed by atoms with Crippen molar-refractivity contribution < 1.29 is 18.7 Å². The van der Waals surface area contributed by atoms with Gasteiger partial charge in [-0.1, -0.05) is 23.7 Å². The van der Waals surface area contributed by atoms with E-state index in [1.165, 1.54) is 12.1 Å². The van der Waals surface area contributed by atoms with Crippen molar-refractivity contribution in [2.45, 2.75) is 32.5 Å². The summed E-state index contributed by atoms with van der Waals surface area (Å²) < 4.78 is 24.1. The first-order chi connectivity index (χ1) is 13.9. The van der Waals surface area contributed by atoms with Gasteiger partial charge in [-0.25, -0.2) is 4.39 Å². The van der Waals surface area contributed by atoms with E-state index in [0.717, 1.165) is 18.7 Å². The fraction of sp³-hybridized carbons (Fsp3) is 0.409. The lowest BCUT2D eigenvalue weighted by molar-refractivity contribution is -0.139. The van der Waals surface area contributed by atoms with E-state index >= 15 is 0 Å². The van der Waals surface area contributed by atoms with E-state index in [4.69, 9.17) is 21.1 Å². The zero-order valence-corrected chi connectivity index (χ0v) is 17.7. The molecule has 0 aromatic heterocycles. The topological polar surface area (TPSA) is 42.0 Å². The smallest absolute Gasteiger partial charge is 0.260 e. The van der Waals surface area contributed by atoms with Gasteiger partial charge in [-0.15, -0.1) is 0 Å². The number of ether oxygens (including phenoxy) is 2. The Kier molecular flexibility index (Phi) is 6.98. The summed E-state index contributed by atoms with van der Waals surface area (Å²) in [7, 11) is 1.54. The number of benzene rings is 2. The SMILES string of the molecule is COc1ccc(Cl)cc1OCC(=O)N1CC(C)N(Cc2ccc(F)cc2)CC1C. The Labute approximate surface area is 176 Å². The quantitative estimate of drug-likeness (QED) is 0.708. The Bertz CT molecular complexity index is 846. The molecule has 156 valence electrons. The average Bonchev–Trinajstić information content (AvgIpc) is 2.70. The molecule has 3 rings (SSSR count). The zero-order chi connectivity index (χ0) is 21.0. The summed E-state index contributed by atoms with van der Waals surface area (Å²) in [5, 5.41) is 0.518. The lowest BCUT2D eigenvalue weighted by Crippen LogP contribution is -2.58. The molecule has 29 heavy (non-hydrogen) atoms. The van der Waals surface area contributed by atoms with E-state index in [9.17, 15) is 9.18 Å². The van der Waals surface area contributed by atoms with Gasteiger partial charge in [0.25, 0.3) is 5.91 Å². The second kappa shape index (κ2) is 9.46. The average molecular weight is 421 g/mol. The Morgan fingerprint density at radius 2 is 1.83 bits per heavy atom. The number of halogens is 2. The molecular formula is C22H26ClFN2O3. The number of rotatable bonds is 6. The molecule has 1 amide bonds. The third kappa shape index (κ3) is 5.40. The first-order valence-electron chi connectivity index (χ1n) is 9.61. The van der Waals surface area contributed by atoms with Crippen LogP contribution in [-0.2, 0) is 11.3 Å². The number of nitrogens with zero attached hydrogens (tertiary/aromatic N) is 2. The highest BCUT2D eigenvalue weighted by Crippen LogP contribution is 2.30. The molecule has 0 radical (unpaired) electrons. The third-order valence-corrected chi connectivity index (χ3v) is 5.45. The summed E-state index contributed by atoms with van der Waals surface area (Å²) in [5.41, 5.74) is 1.06. The molecule has 0 spiro atoms. The van der Waals surface area contributed by atoms with E-state index in [-0.39, 0.29) is 30.4 Å². The van der Waals surface area contributed by atoms with Crippen LogP contribution in [0.4, 0.5) is 4.39 Å². The first kappa shape index (κ1) is 21.4. The number of amides is 1. The van der Waals surface area contributed by atoms with Crippen LogP contribution in [0.1, 0.15) is 19.4 Å². The molecule has 1 saturated heterocycles. The van der Waals surface area contributed by atoms with Crippen LogP contribution in [0.25, 0.3) is 0 Å². The second-order valence-corrected chi connectivity index (χ2v) is 7.82. The number of carbonyl (C=O) groups excluding carboxylic acids is 1. The maximum Gasteiger partial charge on any atom is 0.260 e. The normalized spacial score (nSPS) is 19.8. The van der Waals surface area contributed by atoms with Gasteiger partial charge in [-0.05, 0) is 43.7 Å². The molecule has 5 nitrogen and oxygen atoms in total. The van der Waals surface area contributed by atoms with E-state index in [1.54, 1.807) is 37.4 Å². The predicted molar refractivity (Wildman–Crippen MR) is 111 cm³/mol. The molecule has 1 fully saturated rings. The maximum absolute atomic E-state index is 13.1. The van der Waals surface area contributed by atoms with Crippen molar-refractivity contribution in [1.29, 1.82) is 0 Å². The minimum Gasteiger partial charge on any atom is -0.493 e. The summed E-state index contributed by atoms with van der Waals surface area (Å²) in [6, 6.07) is 11.8. The van der Waals surface area contributed by atoms with Crippen molar-refractivity contribution >= 4 is 17.5 Å². The van der Waals surface area contributed by atoms with Crippen molar-refractivity contribution in [1.82, 2.24) is 9.80 Å². The van der Waals surface area contributed by atoms with Crippen molar-refractivity contribution in [3.05, 3.63) is 58.9 Å². The van der Waals surface area contributed by atoms with Gasteiger partial charge in [0.2, 0.25) is 0 Å². The number of hydrogen-bond donors (Lipinski definition) is 0. The molecule has 0 N–H and O–H groups in total. The summed E-state index contributed by atoms with van der Waals surface area (Å²) in [5.74, 6) is 0.673. The molecular weight excluding hydrogens is 395 g/mol. The van der Waals surface area contributed by atoms with Crippen LogP contribution in [0.5, 0.6) is 11.5 Å². The lowest BCUT2D eigenvalue weighted by Gasteiger charge is -2.44. The molecule has 0 aliphatic carbocycles. The van der Waals surface area contributed by atoms with Crippen molar-refractivity contribution in [2.24, 2.45) is 0 Å². The van der Waals surface area contributed by atoms with E-state index in [2.05, 4.69) is 11.8 Å². The van der Waals surface area contributed by atoms with Crippen molar-refractivity contribution in [2.75, 3.05) is 26.8 Å². The van der Waals surface area contributed by atoms with E-state index in [1.807, 2.05) is 11.8 Å². The second-order valence-electron chi connectivity index (χ2n) is 7.38. The monoisotopic (exact) mass is 420 g/mol. The number of methoxy groups -OCH3 is 1. The molecule has 1 heterocycles. The van der Waals surface area contributed by atoms with Crippen LogP contribution in [0.2, 0.25) is 5.02 Å². The highest BCUT2D eigenvalue weighted by Gasteiger charge is 2.32. The van der Waals surface area contributed by atoms with Gasteiger partial charge in [0, 0.05) is 42.8 Å². The number of piperazine rings is 1. The van der Waals surface area contributed by atoms with Gasteiger partial charge in [0.05, 0.1) is 7.11 Å². The third-order valence-electron chi connectivity index (χ3n) is 5.21. The molecule has 0 bridgehead atoms. The minimum absolute atomic E-state index is 0.0454. The van der Waals surface area contributed by atoms with Crippen molar-refractivity contribution in [3.63, 3.8) is 0 Å². The van der Waals surface area contributed by atoms with Gasteiger partial charge in [0.1, 0.15) is 5.82 Å². The fourth-order valence-corrected chi connectivity index (χ4v) is 3.74. The summed E-state index contributed by atoms with van der Waals surface area (Å²) in [6.07, 6.45) is 0. The van der Waals surface area contributed by atoms with Crippen LogP contribution in [-0.4, -0.2) is 54.6 Å². The molecule has 2 aromatic rings. The van der Waals surface area contributed by atoms with Crippen LogP contribution >= 0.6 is 11.6 Å². The van der Waals surface area contributed by atoms with Gasteiger partial charge in [0.15, 0.2) is 18.1 Å². The first-order valence-corrected chi connectivity index (χ1v) is 9.99. The van der Waals surface area contributed by atoms with Crippen molar-refractivity contribution in [3.8, 4) is 11.5 Å². The molecule has 7 heteroatoms. The molecule has 2 aromatic carbocycles. The van der Waals surface area contributed by atoms with Gasteiger partial charge >= 0.3 is 0 Å². The predicted octanol–water partition coefficient (Wildman–Crippen LogP) is 3.99. The van der Waals surface area contributed by atoms with Gasteiger partial charge < -0.3 is 14.4 Å². The maximum atomic E-state index is 13.1. The standard InChI is InChI=1S/C22H26ClFN2O3/c1-15-12-26(16(2)11-25(15)13-17-4-7-19(24)8-5-17)22(27)14-29-21-10-18(23)6-9-20(21)28-3/h4-10,15-16H,11-14H2,1-3H3. The summed E-state index contributed by atoms with van der Waals surface area (Å²) >= 11 is 6.01. The number of hydrogen-bond acceptors (Lipinski definition) is 4. The van der Waals surface area contributed by atoms with Crippen LogP contribution in [0, 0.1) is 5.82 Å². The molecule has 2 atom stereocenters. The fourth-order valence-electron chi connectivity index (χ4n) is 3.58. The van der Waals surface area contributed by atoms with Crippen LogP contribution in [0.15, 0.2) is 42.5 Å². The highest BCUT2D eigenvalue weighted by atomic mass is 35.5. The molecule has 2 unspecified atom stereocenters. The van der Waals surface area contributed by atoms with Crippen LogP contribution < -0.4 is 9.47 Å². The summed E-state index contributed by atoms with van der Waals surface area (Å²) in [4.78, 5) is 16.9. The largest absolute Gasteiger partial charge is 0.493 e. The van der Waals surface area contributed by atoms with Crippen LogP contribution in [0.3, 0.4) is 0 Å². The highest BCUT2D eigenvalue weighted by molar-refractivity contribution is 6.30.